The second-order valence-corrected chi connectivity index (χ2v) is 6.03. The molecule has 0 unspecified atom stereocenters. The second-order valence-electron chi connectivity index (χ2n) is 4.23. The van der Waals surface area contributed by atoms with E-state index in [0.717, 1.165) is 21.8 Å². The van der Waals surface area contributed by atoms with Crippen molar-refractivity contribution in [1.82, 2.24) is 10.2 Å². The average molecular weight is 352 g/mol. The molecule has 0 aliphatic carbocycles. The first kappa shape index (κ1) is 13.3. The van der Waals surface area contributed by atoms with E-state index in [0.29, 0.717) is 11.0 Å². The van der Waals surface area contributed by atoms with Gasteiger partial charge in [0.1, 0.15) is 5.82 Å². The molecule has 102 valence electrons. The highest BCUT2D eigenvalue weighted by Gasteiger charge is 2.08. The van der Waals surface area contributed by atoms with Crippen molar-refractivity contribution in [3.05, 3.63) is 57.8 Å². The Balaban J connectivity index is 1.76. The predicted molar refractivity (Wildman–Crippen MR) is 83.3 cm³/mol. The van der Waals surface area contributed by atoms with Gasteiger partial charge in [0, 0.05) is 17.8 Å². The van der Waals surface area contributed by atoms with Gasteiger partial charge in [-0.2, -0.15) is 5.10 Å². The lowest BCUT2D eigenvalue weighted by Crippen LogP contribution is -1.99. The Morgan fingerprint density at radius 1 is 1.35 bits per heavy atom. The molecule has 2 heterocycles. The molecular weight excluding hydrogens is 341 g/mol. The molecule has 0 spiro atoms. The zero-order valence-electron chi connectivity index (χ0n) is 10.4. The van der Waals surface area contributed by atoms with Crippen molar-refractivity contribution < 1.29 is 4.39 Å². The lowest BCUT2D eigenvalue weighted by molar-refractivity contribution is 0.621. The highest BCUT2D eigenvalue weighted by Crippen LogP contribution is 2.27. The third-order valence-corrected chi connectivity index (χ3v) is 4.38. The number of H-pyrrole nitrogens is 1. The van der Waals surface area contributed by atoms with Crippen LogP contribution in [0.25, 0.3) is 10.6 Å². The molecule has 0 saturated heterocycles. The molecule has 20 heavy (non-hydrogen) atoms. The highest BCUT2D eigenvalue weighted by atomic mass is 79.9. The van der Waals surface area contributed by atoms with Crippen LogP contribution in [0.4, 0.5) is 10.1 Å². The SMILES string of the molecule is Fc1ccc(NCc2cn[nH]c2-c2cccs2)cc1Br. The topological polar surface area (TPSA) is 40.7 Å². The van der Waals surface area contributed by atoms with Gasteiger partial charge in [0.2, 0.25) is 0 Å². The Labute approximate surface area is 128 Å². The van der Waals surface area contributed by atoms with Gasteiger partial charge in [-0.15, -0.1) is 11.3 Å². The quantitative estimate of drug-likeness (QED) is 0.718. The largest absolute Gasteiger partial charge is 0.381 e. The van der Waals surface area contributed by atoms with Crippen LogP contribution in [0.2, 0.25) is 0 Å². The van der Waals surface area contributed by atoms with Crippen molar-refractivity contribution in [1.29, 1.82) is 0 Å². The van der Waals surface area contributed by atoms with Crippen LogP contribution in [0, 0.1) is 5.82 Å². The van der Waals surface area contributed by atoms with Gasteiger partial charge in [-0.05, 0) is 45.6 Å². The molecule has 0 bridgehead atoms. The number of nitrogens with one attached hydrogen (secondary N) is 2. The fourth-order valence-corrected chi connectivity index (χ4v) is 3.02. The van der Waals surface area contributed by atoms with Gasteiger partial charge in [0.05, 0.1) is 21.2 Å². The number of aromatic amines is 1. The molecule has 3 aromatic rings. The van der Waals surface area contributed by atoms with Crippen LogP contribution in [0.15, 0.2) is 46.4 Å². The summed E-state index contributed by atoms with van der Waals surface area (Å²) in [5, 5.41) is 12.4. The van der Waals surface area contributed by atoms with Crippen molar-refractivity contribution in [3.8, 4) is 10.6 Å². The summed E-state index contributed by atoms with van der Waals surface area (Å²) >= 11 is 4.84. The van der Waals surface area contributed by atoms with E-state index in [1.807, 2.05) is 11.4 Å². The minimum Gasteiger partial charge on any atom is -0.381 e. The summed E-state index contributed by atoms with van der Waals surface area (Å²) in [5.41, 5.74) is 2.96. The number of halogens is 2. The number of benzene rings is 1. The molecule has 0 fully saturated rings. The third kappa shape index (κ3) is 2.76. The molecule has 0 aliphatic heterocycles. The molecular formula is C14H11BrFN3S. The first-order chi connectivity index (χ1) is 9.74. The van der Waals surface area contributed by atoms with Crippen LogP contribution in [0.1, 0.15) is 5.56 Å². The lowest BCUT2D eigenvalue weighted by Gasteiger charge is -2.07. The lowest BCUT2D eigenvalue weighted by atomic mass is 10.2. The van der Waals surface area contributed by atoms with Crippen LogP contribution in [0.5, 0.6) is 0 Å². The van der Waals surface area contributed by atoms with Crippen LogP contribution in [0.3, 0.4) is 0 Å². The van der Waals surface area contributed by atoms with E-state index in [1.165, 1.54) is 6.07 Å². The maximum atomic E-state index is 13.2. The first-order valence-corrected chi connectivity index (χ1v) is 7.66. The van der Waals surface area contributed by atoms with Crippen LogP contribution in [-0.4, -0.2) is 10.2 Å². The van der Waals surface area contributed by atoms with Gasteiger partial charge in [-0.25, -0.2) is 4.39 Å². The minimum atomic E-state index is -0.266. The normalized spacial score (nSPS) is 10.7. The fourth-order valence-electron chi connectivity index (χ4n) is 1.88. The Morgan fingerprint density at radius 3 is 3.00 bits per heavy atom. The summed E-state index contributed by atoms with van der Waals surface area (Å²) in [6, 6.07) is 8.93. The van der Waals surface area contributed by atoms with E-state index >= 15 is 0 Å². The second kappa shape index (κ2) is 5.76. The van der Waals surface area contributed by atoms with Crippen molar-refractivity contribution in [3.63, 3.8) is 0 Å². The Morgan fingerprint density at radius 2 is 2.25 bits per heavy atom. The third-order valence-electron chi connectivity index (χ3n) is 2.89. The van der Waals surface area contributed by atoms with E-state index in [1.54, 1.807) is 29.7 Å². The van der Waals surface area contributed by atoms with Gasteiger partial charge >= 0.3 is 0 Å². The summed E-state index contributed by atoms with van der Waals surface area (Å²) in [5.74, 6) is -0.266. The van der Waals surface area contributed by atoms with Crippen molar-refractivity contribution >= 4 is 33.0 Å². The Bertz CT molecular complexity index is 709. The van der Waals surface area contributed by atoms with Gasteiger partial charge in [0.25, 0.3) is 0 Å². The van der Waals surface area contributed by atoms with E-state index in [-0.39, 0.29) is 5.82 Å². The van der Waals surface area contributed by atoms with Crippen molar-refractivity contribution in [2.24, 2.45) is 0 Å². The first-order valence-electron chi connectivity index (χ1n) is 5.99. The molecule has 0 amide bonds. The summed E-state index contributed by atoms with van der Waals surface area (Å²) in [7, 11) is 0. The summed E-state index contributed by atoms with van der Waals surface area (Å²) < 4.78 is 13.6. The van der Waals surface area contributed by atoms with E-state index < -0.39 is 0 Å². The van der Waals surface area contributed by atoms with Gasteiger partial charge in [0.15, 0.2) is 0 Å². The molecule has 0 aliphatic rings. The molecule has 0 saturated carbocycles. The monoisotopic (exact) mass is 351 g/mol. The standard InChI is InChI=1S/C14H11BrFN3S/c15-11-6-10(3-4-12(11)16)17-7-9-8-18-19-14(9)13-2-1-5-20-13/h1-6,8,17H,7H2,(H,18,19). The van der Waals surface area contributed by atoms with Crippen LogP contribution in [-0.2, 0) is 6.54 Å². The maximum absolute atomic E-state index is 13.2. The number of nitrogens with zero attached hydrogens (tertiary/aromatic N) is 1. The highest BCUT2D eigenvalue weighted by molar-refractivity contribution is 9.10. The van der Waals surface area contributed by atoms with Crippen molar-refractivity contribution in [2.75, 3.05) is 5.32 Å². The molecule has 2 aromatic heterocycles. The number of anilines is 1. The number of thiophene rings is 1. The Kier molecular flexibility index (Phi) is 3.84. The molecule has 0 atom stereocenters. The number of hydrogen-bond acceptors (Lipinski definition) is 3. The number of rotatable bonds is 4. The number of aromatic nitrogens is 2. The van der Waals surface area contributed by atoms with Crippen LogP contribution >= 0.6 is 27.3 Å². The molecule has 3 rings (SSSR count). The van der Waals surface area contributed by atoms with Gasteiger partial charge < -0.3 is 5.32 Å². The molecule has 3 nitrogen and oxygen atoms in total. The van der Waals surface area contributed by atoms with Gasteiger partial charge in [-0.3, -0.25) is 5.10 Å². The summed E-state index contributed by atoms with van der Waals surface area (Å²) in [4.78, 5) is 1.15. The fraction of sp³-hybridized carbons (Fsp3) is 0.0714. The molecule has 1 aromatic carbocycles. The number of hydrogen-bond donors (Lipinski definition) is 2. The minimum absolute atomic E-state index is 0.266. The van der Waals surface area contributed by atoms with E-state index in [2.05, 4.69) is 37.5 Å². The van der Waals surface area contributed by atoms with E-state index in [4.69, 9.17) is 0 Å². The molecule has 2 N–H and O–H groups in total. The summed E-state index contributed by atoms with van der Waals surface area (Å²) in [6.07, 6.45) is 1.81. The molecule has 6 heteroatoms. The van der Waals surface area contributed by atoms with Gasteiger partial charge in [-0.1, -0.05) is 6.07 Å². The van der Waals surface area contributed by atoms with Crippen LogP contribution < -0.4 is 5.32 Å². The smallest absolute Gasteiger partial charge is 0.137 e. The maximum Gasteiger partial charge on any atom is 0.137 e. The Hall–Kier alpha value is -1.66. The van der Waals surface area contributed by atoms with Crippen molar-refractivity contribution in [2.45, 2.75) is 6.54 Å². The average Bonchev–Trinajstić information content (AvgIpc) is 3.09. The van der Waals surface area contributed by atoms with E-state index in [9.17, 15) is 4.39 Å². The predicted octanol–water partition coefficient (Wildman–Crippen LogP) is 4.65. The summed E-state index contributed by atoms with van der Waals surface area (Å²) in [6.45, 7) is 0.627. The zero-order valence-corrected chi connectivity index (χ0v) is 12.8. The molecule has 0 radical (unpaired) electrons. The zero-order chi connectivity index (χ0) is 13.9.